The molecule has 0 saturated heterocycles. The molecule has 0 spiro atoms. The molecule has 2 aromatic carbocycles. The van der Waals surface area contributed by atoms with Crippen LogP contribution in [0.15, 0.2) is 60.1 Å². The second-order valence-electron chi connectivity index (χ2n) is 6.76. The maximum absolute atomic E-state index is 13.5. The average molecular weight is 419 g/mol. The third-order valence-electron chi connectivity index (χ3n) is 4.64. The van der Waals surface area contributed by atoms with Gasteiger partial charge in [-0.25, -0.2) is 14.4 Å². The van der Waals surface area contributed by atoms with Gasteiger partial charge in [-0.3, -0.25) is 4.68 Å². The summed E-state index contributed by atoms with van der Waals surface area (Å²) in [6.07, 6.45) is 4.84. The minimum atomic E-state index is -0.255. The third-order valence-corrected chi connectivity index (χ3v) is 4.64. The van der Waals surface area contributed by atoms with Gasteiger partial charge in [0.1, 0.15) is 30.9 Å². The fourth-order valence-electron chi connectivity index (χ4n) is 3.27. The number of hydrogen-bond acceptors (Lipinski definition) is 7. The molecule has 0 aliphatic carbocycles. The molecule has 0 saturated carbocycles. The molecular weight excluding hydrogens is 397 g/mol. The number of nitrogens with zero attached hydrogens (tertiary/aromatic N) is 5. The highest BCUT2D eigenvalue weighted by atomic mass is 19.1. The van der Waals surface area contributed by atoms with E-state index in [4.69, 9.17) is 4.84 Å². The van der Waals surface area contributed by atoms with Crippen LogP contribution in [0, 0.1) is 5.82 Å². The molecule has 9 heteroatoms. The Morgan fingerprint density at radius 3 is 2.84 bits per heavy atom. The molecule has 2 N–H and O–H groups in total. The molecule has 31 heavy (non-hydrogen) atoms. The van der Waals surface area contributed by atoms with Gasteiger partial charge >= 0.3 is 0 Å². The van der Waals surface area contributed by atoms with E-state index >= 15 is 0 Å². The molecule has 2 heterocycles. The number of fused-ring (bicyclic) bond motifs is 1. The van der Waals surface area contributed by atoms with Crippen LogP contribution in [0.1, 0.15) is 18.1 Å². The largest absolute Gasteiger partial charge is 0.399 e. The van der Waals surface area contributed by atoms with Crippen LogP contribution in [0.5, 0.6) is 0 Å². The van der Waals surface area contributed by atoms with Gasteiger partial charge in [0.25, 0.3) is 0 Å². The smallest absolute Gasteiger partial charge is 0.144 e. The van der Waals surface area contributed by atoms with Crippen molar-refractivity contribution in [2.75, 3.05) is 24.3 Å². The number of halogens is 1. The summed E-state index contributed by atoms with van der Waals surface area (Å²) >= 11 is 0. The van der Waals surface area contributed by atoms with E-state index in [2.05, 4.69) is 30.9 Å². The molecule has 158 valence electrons. The van der Waals surface area contributed by atoms with E-state index in [1.807, 2.05) is 35.9 Å². The Morgan fingerprint density at radius 2 is 2.03 bits per heavy atom. The van der Waals surface area contributed by atoms with Gasteiger partial charge in [-0.15, -0.1) is 0 Å². The van der Waals surface area contributed by atoms with E-state index in [0.29, 0.717) is 30.3 Å². The van der Waals surface area contributed by atoms with E-state index < -0.39 is 0 Å². The minimum Gasteiger partial charge on any atom is -0.399 e. The standard InChI is InChI=1S/C22H22FN7O/c1-3-24-21-19(12-28-31-2)22(26-14-25-21)29-18-7-8-20-16(10-18)11-27-30(20)13-15-5-4-6-17(23)9-15/h4-12,14H,3,13H2,1-2H3,(H2,24,25,26,29)/b28-12+. The summed E-state index contributed by atoms with van der Waals surface area (Å²) in [6, 6.07) is 12.4. The number of hydrogen-bond donors (Lipinski definition) is 2. The molecule has 0 unspecified atom stereocenters. The maximum Gasteiger partial charge on any atom is 0.144 e. The first-order valence-corrected chi connectivity index (χ1v) is 9.80. The van der Waals surface area contributed by atoms with Crippen LogP contribution >= 0.6 is 0 Å². The van der Waals surface area contributed by atoms with Crippen LogP contribution in [0.4, 0.5) is 21.7 Å². The van der Waals surface area contributed by atoms with Gasteiger partial charge in [-0.2, -0.15) is 5.10 Å². The van der Waals surface area contributed by atoms with Gasteiger partial charge in [0.2, 0.25) is 0 Å². The van der Waals surface area contributed by atoms with Crippen molar-refractivity contribution in [2.24, 2.45) is 5.16 Å². The molecule has 0 amide bonds. The molecule has 8 nitrogen and oxygen atoms in total. The summed E-state index contributed by atoms with van der Waals surface area (Å²) in [7, 11) is 1.48. The lowest BCUT2D eigenvalue weighted by atomic mass is 10.2. The van der Waals surface area contributed by atoms with E-state index in [0.717, 1.165) is 22.2 Å². The summed E-state index contributed by atoms with van der Waals surface area (Å²) < 4.78 is 15.3. The van der Waals surface area contributed by atoms with Crippen LogP contribution < -0.4 is 10.6 Å². The summed E-state index contributed by atoms with van der Waals surface area (Å²) in [5.74, 6) is 0.998. The molecule has 4 aromatic rings. The first-order valence-electron chi connectivity index (χ1n) is 9.80. The molecule has 0 atom stereocenters. The molecular formula is C22H22FN7O. The van der Waals surface area contributed by atoms with Crippen molar-refractivity contribution in [1.29, 1.82) is 0 Å². The number of rotatable bonds is 8. The van der Waals surface area contributed by atoms with Crippen LogP contribution in [0.3, 0.4) is 0 Å². The molecule has 2 aromatic heterocycles. The van der Waals surface area contributed by atoms with Gasteiger partial charge in [-0.05, 0) is 42.8 Å². The Hall–Kier alpha value is -4.01. The predicted molar refractivity (Wildman–Crippen MR) is 119 cm³/mol. The summed E-state index contributed by atoms with van der Waals surface area (Å²) in [5.41, 5.74) is 3.33. The topological polar surface area (TPSA) is 89.2 Å². The van der Waals surface area contributed by atoms with Crippen molar-refractivity contribution in [2.45, 2.75) is 13.5 Å². The number of benzene rings is 2. The first kappa shape index (κ1) is 20.3. The van der Waals surface area contributed by atoms with Crippen molar-refractivity contribution in [3.8, 4) is 0 Å². The Kier molecular flexibility index (Phi) is 6.02. The van der Waals surface area contributed by atoms with Gasteiger partial charge in [-0.1, -0.05) is 17.3 Å². The van der Waals surface area contributed by atoms with Crippen molar-refractivity contribution < 1.29 is 9.23 Å². The van der Waals surface area contributed by atoms with Crippen LogP contribution in [0.25, 0.3) is 10.9 Å². The SMILES string of the molecule is CCNc1ncnc(Nc2ccc3c(cnn3Cc3cccc(F)c3)c2)c1/C=N/OC. The zero-order valence-corrected chi connectivity index (χ0v) is 17.2. The zero-order valence-electron chi connectivity index (χ0n) is 17.2. The van der Waals surface area contributed by atoms with Gasteiger partial charge in [0.15, 0.2) is 0 Å². The van der Waals surface area contributed by atoms with Crippen molar-refractivity contribution in [1.82, 2.24) is 19.7 Å². The highest BCUT2D eigenvalue weighted by Gasteiger charge is 2.11. The lowest BCUT2D eigenvalue weighted by Crippen LogP contribution is -2.08. The number of nitrogens with one attached hydrogen (secondary N) is 2. The molecule has 0 fully saturated rings. The predicted octanol–water partition coefficient (Wildman–Crippen LogP) is 4.17. The minimum absolute atomic E-state index is 0.255. The van der Waals surface area contributed by atoms with Gasteiger partial charge < -0.3 is 15.5 Å². The van der Waals surface area contributed by atoms with Gasteiger partial charge in [0.05, 0.1) is 30.0 Å². The van der Waals surface area contributed by atoms with E-state index in [1.165, 1.54) is 25.6 Å². The van der Waals surface area contributed by atoms with Crippen molar-refractivity contribution in [3.05, 3.63) is 71.9 Å². The Labute approximate surface area is 178 Å². The van der Waals surface area contributed by atoms with Crippen LogP contribution in [-0.4, -0.2) is 39.6 Å². The van der Waals surface area contributed by atoms with Crippen molar-refractivity contribution >= 4 is 34.4 Å². The maximum atomic E-state index is 13.5. The normalized spacial score (nSPS) is 11.2. The highest BCUT2D eigenvalue weighted by Crippen LogP contribution is 2.25. The lowest BCUT2D eigenvalue weighted by Gasteiger charge is -2.12. The highest BCUT2D eigenvalue weighted by molar-refractivity contribution is 5.93. The lowest BCUT2D eigenvalue weighted by molar-refractivity contribution is 0.215. The molecule has 0 aliphatic rings. The van der Waals surface area contributed by atoms with E-state index in [9.17, 15) is 4.39 Å². The van der Waals surface area contributed by atoms with Crippen LogP contribution in [-0.2, 0) is 11.4 Å². The fourth-order valence-corrected chi connectivity index (χ4v) is 3.27. The molecule has 4 rings (SSSR count). The molecule has 0 aliphatic heterocycles. The quantitative estimate of drug-likeness (QED) is 0.329. The second kappa shape index (κ2) is 9.21. The Bertz CT molecular complexity index is 1220. The second-order valence-corrected chi connectivity index (χ2v) is 6.76. The van der Waals surface area contributed by atoms with E-state index in [1.54, 1.807) is 18.5 Å². The Morgan fingerprint density at radius 1 is 1.16 bits per heavy atom. The van der Waals surface area contributed by atoms with E-state index in [-0.39, 0.29) is 5.82 Å². The summed E-state index contributed by atoms with van der Waals surface area (Å²) in [5, 5.41) is 15.8. The fraction of sp³-hybridized carbons (Fsp3) is 0.182. The number of aromatic nitrogens is 4. The number of oxime groups is 1. The monoisotopic (exact) mass is 419 g/mol. The van der Waals surface area contributed by atoms with Gasteiger partial charge in [0, 0.05) is 17.6 Å². The van der Waals surface area contributed by atoms with Crippen LogP contribution in [0.2, 0.25) is 0 Å². The third kappa shape index (κ3) is 4.61. The molecule has 0 radical (unpaired) electrons. The summed E-state index contributed by atoms with van der Waals surface area (Å²) in [6.45, 7) is 3.19. The number of anilines is 3. The Balaban J connectivity index is 1.62. The molecule has 0 bridgehead atoms. The first-order chi connectivity index (χ1) is 15.2. The summed E-state index contributed by atoms with van der Waals surface area (Å²) in [4.78, 5) is 13.5. The van der Waals surface area contributed by atoms with Crippen molar-refractivity contribution in [3.63, 3.8) is 0 Å². The average Bonchev–Trinajstić information content (AvgIpc) is 3.15. The zero-order chi connectivity index (χ0) is 21.6.